The summed E-state index contributed by atoms with van der Waals surface area (Å²) in [4.78, 5) is 11.1. The molecule has 0 radical (unpaired) electrons. The van der Waals surface area contributed by atoms with Gasteiger partial charge in [0.1, 0.15) is 11.5 Å². The average molecular weight is 448 g/mol. The third-order valence-corrected chi connectivity index (χ3v) is 4.12. The van der Waals surface area contributed by atoms with Gasteiger partial charge in [-0.3, -0.25) is 4.79 Å². The Hall–Kier alpha value is -2.72. The molecular weight excluding hydrogens is 431 g/mol. The highest BCUT2D eigenvalue weighted by Crippen LogP contribution is 2.38. The first-order valence-electron chi connectivity index (χ1n) is 8.03. The molecule has 2 rings (SSSR count). The van der Waals surface area contributed by atoms with Crippen molar-refractivity contribution in [1.82, 2.24) is 0 Å². The van der Waals surface area contributed by atoms with Crippen molar-refractivity contribution in [2.45, 2.75) is 13.1 Å². The summed E-state index contributed by atoms with van der Waals surface area (Å²) >= 11 is 11.3. The van der Waals surface area contributed by atoms with Crippen LogP contribution < -0.4 is 25.4 Å². The number of benzene rings is 2. The summed E-state index contributed by atoms with van der Waals surface area (Å²) in [6.45, 7) is 1.12. The molecule has 3 N–H and O–H groups in total. The van der Waals surface area contributed by atoms with Crippen molar-refractivity contribution in [2.75, 3.05) is 30.2 Å². The van der Waals surface area contributed by atoms with Crippen LogP contribution in [0.2, 0.25) is 5.02 Å². The molecule has 2 aromatic carbocycles. The Balaban J connectivity index is 2.25. The number of alkyl halides is 3. The molecule has 0 saturated heterocycles. The van der Waals surface area contributed by atoms with E-state index in [1.807, 2.05) is 0 Å². The highest BCUT2D eigenvalue weighted by Gasteiger charge is 2.34. The zero-order chi connectivity index (χ0) is 21.8. The van der Waals surface area contributed by atoms with E-state index in [1.54, 1.807) is 0 Å². The van der Waals surface area contributed by atoms with Gasteiger partial charge in [-0.2, -0.15) is 13.2 Å². The Morgan fingerprint density at radius 1 is 1.00 bits per heavy atom. The Bertz CT molecular complexity index is 939. The Labute approximate surface area is 175 Å². The molecule has 0 heterocycles. The normalized spacial score (nSPS) is 10.9. The van der Waals surface area contributed by atoms with E-state index < -0.39 is 17.6 Å². The molecule has 0 bridgehead atoms. The van der Waals surface area contributed by atoms with Gasteiger partial charge in [0.2, 0.25) is 5.91 Å². The molecule has 0 aliphatic carbocycles. The summed E-state index contributed by atoms with van der Waals surface area (Å²) < 4.78 is 50.3. The van der Waals surface area contributed by atoms with E-state index in [9.17, 15) is 18.0 Å². The third kappa shape index (κ3) is 5.88. The van der Waals surface area contributed by atoms with Crippen LogP contribution in [0, 0.1) is 0 Å². The number of ether oxygens (including phenoxy) is 2. The predicted octanol–water partition coefficient (Wildman–Crippen LogP) is 5.14. The second kappa shape index (κ2) is 9.19. The van der Waals surface area contributed by atoms with Crippen molar-refractivity contribution in [3.63, 3.8) is 0 Å². The molecule has 0 saturated carbocycles. The lowest BCUT2D eigenvalue weighted by atomic mass is 10.1. The van der Waals surface area contributed by atoms with E-state index in [4.69, 9.17) is 33.3 Å². The van der Waals surface area contributed by atoms with Gasteiger partial charge in [-0.15, -0.1) is 0 Å². The minimum Gasteiger partial charge on any atom is -0.495 e. The van der Waals surface area contributed by atoms with Gasteiger partial charge in [0.15, 0.2) is 5.11 Å². The van der Waals surface area contributed by atoms with Crippen LogP contribution in [0.25, 0.3) is 0 Å². The maximum absolute atomic E-state index is 13.3. The number of rotatable bonds is 5. The molecule has 0 aliphatic rings. The first kappa shape index (κ1) is 22.6. The second-order valence-corrected chi connectivity index (χ2v) is 6.52. The molecule has 6 nitrogen and oxygen atoms in total. The first-order chi connectivity index (χ1) is 13.5. The molecule has 0 aliphatic heterocycles. The molecule has 0 fully saturated rings. The van der Waals surface area contributed by atoms with Gasteiger partial charge in [0.25, 0.3) is 0 Å². The number of hydrogen-bond donors (Lipinski definition) is 3. The van der Waals surface area contributed by atoms with Gasteiger partial charge < -0.3 is 25.4 Å². The highest BCUT2D eigenvalue weighted by atomic mass is 35.5. The van der Waals surface area contributed by atoms with E-state index in [2.05, 4.69) is 16.0 Å². The average Bonchev–Trinajstić information content (AvgIpc) is 2.62. The topological polar surface area (TPSA) is 71.6 Å². The van der Waals surface area contributed by atoms with Crippen LogP contribution >= 0.6 is 23.8 Å². The number of hydrogen-bond acceptors (Lipinski definition) is 4. The van der Waals surface area contributed by atoms with Crippen LogP contribution in [-0.4, -0.2) is 25.2 Å². The van der Waals surface area contributed by atoms with Gasteiger partial charge in [-0.25, -0.2) is 0 Å². The third-order valence-electron chi connectivity index (χ3n) is 3.62. The Morgan fingerprint density at radius 3 is 2.21 bits per heavy atom. The number of halogens is 4. The lowest BCUT2D eigenvalue weighted by Gasteiger charge is -2.17. The fraction of sp³-hybridized carbons (Fsp3) is 0.222. The zero-order valence-electron chi connectivity index (χ0n) is 15.5. The van der Waals surface area contributed by atoms with Crippen LogP contribution in [0.3, 0.4) is 0 Å². The minimum atomic E-state index is -4.67. The summed E-state index contributed by atoms with van der Waals surface area (Å²) in [5, 5.41) is 7.92. The van der Waals surface area contributed by atoms with Crippen LogP contribution in [0.15, 0.2) is 30.3 Å². The largest absolute Gasteiger partial charge is 0.495 e. The van der Waals surface area contributed by atoms with E-state index >= 15 is 0 Å². The standard InChI is InChI=1S/C18H17ClF3N3O3S/c1-9(26)23-13-5-4-10(6-11(13)18(20,21)22)24-17(29)25-14-7-12(19)15(27-2)8-16(14)28-3/h4-8H,1-3H3,(H,23,26)(H2,24,25,29). The maximum Gasteiger partial charge on any atom is 0.418 e. The smallest absolute Gasteiger partial charge is 0.418 e. The lowest BCUT2D eigenvalue weighted by Crippen LogP contribution is -2.20. The second-order valence-electron chi connectivity index (χ2n) is 5.71. The van der Waals surface area contributed by atoms with Crippen LogP contribution in [0.5, 0.6) is 11.5 Å². The van der Waals surface area contributed by atoms with Crippen LogP contribution in [0.1, 0.15) is 12.5 Å². The summed E-state index contributed by atoms with van der Waals surface area (Å²) in [5.41, 5.74) is -0.896. The van der Waals surface area contributed by atoms with Crippen molar-refractivity contribution in [3.8, 4) is 11.5 Å². The fourth-order valence-corrected chi connectivity index (χ4v) is 2.87. The molecule has 0 unspecified atom stereocenters. The van der Waals surface area contributed by atoms with E-state index in [1.165, 1.54) is 32.4 Å². The quantitative estimate of drug-likeness (QED) is 0.551. The molecule has 0 atom stereocenters. The predicted molar refractivity (Wildman–Crippen MR) is 110 cm³/mol. The molecule has 156 valence electrons. The molecule has 29 heavy (non-hydrogen) atoms. The maximum atomic E-state index is 13.3. The summed E-state index contributed by atoms with van der Waals surface area (Å²) in [7, 11) is 2.88. The van der Waals surface area contributed by atoms with Gasteiger partial charge in [-0.05, 0) is 36.5 Å². The van der Waals surface area contributed by atoms with E-state index in [0.29, 0.717) is 17.2 Å². The highest BCUT2D eigenvalue weighted by molar-refractivity contribution is 7.80. The monoisotopic (exact) mass is 447 g/mol. The van der Waals surface area contributed by atoms with Crippen LogP contribution in [0.4, 0.5) is 30.2 Å². The summed E-state index contributed by atoms with van der Waals surface area (Å²) in [6.07, 6.45) is -4.67. The van der Waals surface area contributed by atoms with E-state index in [-0.39, 0.29) is 21.5 Å². The molecule has 2 aromatic rings. The molecule has 0 spiro atoms. The number of carbonyl (C=O) groups is 1. The molecule has 1 amide bonds. The van der Waals surface area contributed by atoms with Crippen LogP contribution in [-0.2, 0) is 11.0 Å². The van der Waals surface area contributed by atoms with Crippen molar-refractivity contribution in [2.24, 2.45) is 0 Å². The number of nitrogens with one attached hydrogen (secondary N) is 3. The van der Waals surface area contributed by atoms with Crippen molar-refractivity contribution in [1.29, 1.82) is 0 Å². The van der Waals surface area contributed by atoms with E-state index in [0.717, 1.165) is 19.1 Å². The number of methoxy groups -OCH3 is 2. The summed E-state index contributed by atoms with van der Waals surface area (Å²) in [5.74, 6) is 0.139. The SMILES string of the molecule is COc1cc(OC)c(NC(=S)Nc2ccc(NC(C)=O)c(C(F)(F)F)c2)cc1Cl. The zero-order valence-corrected chi connectivity index (χ0v) is 17.1. The number of carbonyl (C=O) groups excluding carboxylic acids is 1. The lowest BCUT2D eigenvalue weighted by molar-refractivity contribution is -0.136. The minimum absolute atomic E-state index is 0.00457. The first-order valence-corrected chi connectivity index (χ1v) is 8.82. The fourth-order valence-electron chi connectivity index (χ4n) is 2.40. The number of anilines is 3. The van der Waals surface area contributed by atoms with Gasteiger partial charge in [0, 0.05) is 18.7 Å². The van der Waals surface area contributed by atoms with Crippen molar-refractivity contribution in [3.05, 3.63) is 40.9 Å². The number of amides is 1. The summed E-state index contributed by atoms with van der Waals surface area (Å²) in [6, 6.07) is 6.38. The molecule has 11 heteroatoms. The molecular formula is C18H17ClF3N3O3S. The van der Waals surface area contributed by atoms with Crippen molar-refractivity contribution >= 4 is 51.9 Å². The Kier molecular flexibility index (Phi) is 7.15. The van der Waals surface area contributed by atoms with Gasteiger partial charge in [-0.1, -0.05) is 11.6 Å². The van der Waals surface area contributed by atoms with Gasteiger partial charge >= 0.3 is 6.18 Å². The molecule has 0 aromatic heterocycles. The van der Waals surface area contributed by atoms with Gasteiger partial charge in [0.05, 0.1) is 36.2 Å². The van der Waals surface area contributed by atoms with Crippen molar-refractivity contribution < 1.29 is 27.4 Å². The number of thiocarbonyl (C=S) groups is 1. The Morgan fingerprint density at radius 2 is 1.66 bits per heavy atom.